The quantitative estimate of drug-likeness (QED) is 0.669. The molecular weight excluding hydrogens is 385 g/mol. The summed E-state index contributed by atoms with van der Waals surface area (Å²) < 4.78 is 25.5. The number of halogens is 1. The van der Waals surface area contributed by atoms with Crippen LogP contribution in [-0.2, 0) is 11.2 Å². The minimum atomic E-state index is -0.396. The van der Waals surface area contributed by atoms with Gasteiger partial charge >= 0.3 is 0 Å². The highest BCUT2D eigenvalue weighted by molar-refractivity contribution is 5.65. The molecule has 7 nitrogen and oxygen atoms in total. The van der Waals surface area contributed by atoms with Crippen LogP contribution >= 0.6 is 0 Å². The molecule has 1 aromatic carbocycles. The summed E-state index contributed by atoms with van der Waals surface area (Å²) in [5, 5.41) is 0. The maximum absolute atomic E-state index is 14.0. The predicted octanol–water partition coefficient (Wildman–Crippen LogP) is 3.12. The van der Waals surface area contributed by atoms with Crippen molar-refractivity contribution in [1.29, 1.82) is 0 Å². The number of hydrogen-bond donors (Lipinski definition) is 1. The average Bonchev–Trinajstić information content (AvgIpc) is 2.75. The molecule has 3 heterocycles. The van der Waals surface area contributed by atoms with Gasteiger partial charge in [0.15, 0.2) is 5.82 Å². The van der Waals surface area contributed by atoms with Crippen molar-refractivity contribution in [3.8, 4) is 22.9 Å². The van der Waals surface area contributed by atoms with Crippen LogP contribution in [0.25, 0.3) is 11.4 Å². The van der Waals surface area contributed by atoms with E-state index in [0.29, 0.717) is 49.1 Å². The maximum Gasteiger partial charge on any atom is 0.162 e. The number of pyridine rings is 1. The number of morpholine rings is 1. The second kappa shape index (κ2) is 9.15. The predicted molar refractivity (Wildman–Crippen MR) is 112 cm³/mol. The van der Waals surface area contributed by atoms with Gasteiger partial charge in [-0.3, -0.25) is 0 Å². The van der Waals surface area contributed by atoms with E-state index in [0.717, 1.165) is 30.2 Å². The van der Waals surface area contributed by atoms with Gasteiger partial charge in [0.25, 0.3) is 0 Å². The van der Waals surface area contributed by atoms with Gasteiger partial charge < -0.3 is 20.1 Å². The number of ether oxygens (including phenoxy) is 2. The number of nitrogens with two attached hydrogens (primary N) is 1. The third-order valence-electron chi connectivity index (χ3n) is 4.80. The average molecular weight is 409 g/mol. The fraction of sp³-hybridized carbons (Fsp3) is 0.318. The first-order valence-corrected chi connectivity index (χ1v) is 9.92. The number of aromatic nitrogens is 3. The maximum atomic E-state index is 14.0. The summed E-state index contributed by atoms with van der Waals surface area (Å²) in [6, 6.07) is 8.02. The van der Waals surface area contributed by atoms with E-state index in [4.69, 9.17) is 15.2 Å². The smallest absolute Gasteiger partial charge is 0.162 e. The van der Waals surface area contributed by atoms with Crippen LogP contribution in [0.4, 0.5) is 10.2 Å². The zero-order valence-electron chi connectivity index (χ0n) is 16.8. The topological polar surface area (TPSA) is 86.4 Å². The van der Waals surface area contributed by atoms with Crippen molar-refractivity contribution in [3.63, 3.8) is 0 Å². The lowest BCUT2D eigenvalue weighted by Gasteiger charge is -2.28. The van der Waals surface area contributed by atoms with Crippen molar-refractivity contribution >= 4 is 5.82 Å². The molecule has 1 fully saturated rings. The van der Waals surface area contributed by atoms with Crippen LogP contribution in [0.5, 0.6) is 11.5 Å². The van der Waals surface area contributed by atoms with Crippen LogP contribution in [0.15, 0.2) is 42.7 Å². The molecule has 0 spiro atoms. The molecule has 2 N–H and O–H groups in total. The zero-order chi connectivity index (χ0) is 20.9. The molecule has 1 saturated heterocycles. The van der Waals surface area contributed by atoms with E-state index < -0.39 is 5.82 Å². The molecule has 0 bridgehead atoms. The lowest BCUT2D eigenvalue weighted by molar-refractivity contribution is 0.122. The van der Waals surface area contributed by atoms with Gasteiger partial charge in [-0.15, -0.1) is 0 Å². The standard InChI is InChI=1S/C22H24FN5O2/c1-15-10-18(12-21(27-15)28-6-8-29-9-7-28)30-20-11-17(23)2-3-19(20)22-25-13-16(4-5-24)14-26-22/h2-3,10-14H,4-9,24H2,1H3. The van der Waals surface area contributed by atoms with Crippen LogP contribution in [0.3, 0.4) is 0 Å². The van der Waals surface area contributed by atoms with E-state index in [-0.39, 0.29) is 0 Å². The Hall–Kier alpha value is -3.10. The van der Waals surface area contributed by atoms with Crippen molar-refractivity contribution < 1.29 is 13.9 Å². The molecule has 156 valence electrons. The summed E-state index contributed by atoms with van der Waals surface area (Å²) in [5.74, 6) is 1.81. The first kappa shape index (κ1) is 20.2. The summed E-state index contributed by atoms with van der Waals surface area (Å²) >= 11 is 0. The van der Waals surface area contributed by atoms with Gasteiger partial charge in [-0.05, 0) is 37.6 Å². The van der Waals surface area contributed by atoms with E-state index >= 15 is 0 Å². The minimum Gasteiger partial charge on any atom is -0.456 e. The summed E-state index contributed by atoms with van der Waals surface area (Å²) in [5.41, 5.74) is 7.96. The van der Waals surface area contributed by atoms with Gasteiger partial charge in [0.1, 0.15) is 23.1 Å². The first-order valence-electron chi connectivity index (χ1n) is 9.92. The van der Waals surface area contributed by atoms with E-state index in [1.165, 1.54) is 12.1 Å². The van der Waals surface area contributed by atoms with E-state index in [1.807, 2.05) is 19.1 Å². The summed E-state index contributed by atoms with van der Waals surface area (Å²) in [4.78, 5) is 15.6. The van der Waals surface area contributed by atoms with Gasteiger partial charge in [-0.1, -0.05) is 0 Å². The number of rotatable bonds is 6. The number of anilines is 1. The number of hydrogen-bond acceptors (Lipinski definition) is 7. The van der Waals surface area contributed by atoms with Crippen LogP contribution in [0.1, 0.15) is 11.3 Å². The van der Waals surface area contributed by atoms with Crippen molar-refractivity contribution in [2.75, 3.05) is 37.7 Å². The van der Waals surface area contributed by atoms with Gasteiger partial charge in [-0.25, -0.2) is 19.3 Å². The van der Waals surface area contributed by atoms with Gasteiger partial charge in [0, 0.05) is 49.4 Å². The van der Waals surface area contributed by atoms with Crippen molar-refractivity contribution in [1.82, 2.24) is 15.0 Å². The molecule has 4 rings (SSSR count). The van der Waals surface area contributed by atoms with Crippen molar-refractivity contribution in [2.45, 2.75) is 13.3 Å². The Kier molecular flexibility index (Phi) is 6.15. The second-order valence-electron chi connectivity index (χ2n) is 7.10. The number of nitrogens with zero attached hydrogens (tertiary/aromatic N) is 4. The second-order valence-corrected chi connectivity index (χ2v) is 7.10. The van der Waals surface area contributed by atoms with Crippen LogP contribution < -0.4 is 15.4 Å². The number of aryl methyl sites for hydroxylation is 1. The highest BCUT2D eigenvalue weighted by Crippen LogP contribution is 2.33. The van der Waals surface area contributed by atoms with Gasteiger partial charge in [0.2, 0.25) is 0 Å². The Morgan fingerprint density at radius 3 is 2.63 bits per heavy atom. The van der Waals surface area contributed by atoms with E-state index in [2.05, 4.69) is 19.9 Å². The minimum absolute atomic E-state index is 0.347. The highest BCUT2D eigenvalue weighted by atomic mass is 19.1. The zero-order valence-corrected chi connectivity index (χ0v) is 16.8. The molecule has 0 saturated carbocycles. The Bertz CT molecular complexity index is 1010. The lowest BCUT2D eigenvalue weighted by Crippen LogP contribution is -2.36. The number of benzene rings is 1. The Morgan fingerprint density at radius 1 is 1.13 bits per heavy atom. The summed E-state index contributed by atoms with van der Waals surface area (Å²) in [7, 11) is 0. The fourth-order valence-electron chi connectivity index (χ4n) is 3.32. The van der Waals surface area contributed by atoms with E-state index in [9.17, 15) is 4.39 Å². The molecule has 2 aromatic heterocycles. The van der Waals surface area contributed by atoms with Crippen LogP contribution in [0.2, 0.25) is 0 Å². The molecule has 0 aliphatic carbocycles. The Labute approximate surface area is 174 Å². The van der Waals surface area contributed by atoms with Crippen LogP contribution in [0, 0.1) is 12.7 Å². The molecule has 8 heteroatoms. The molecule has 0 radical (unpaired) electrons. The monoisotopic (exact) mass is 409 g/mol. The van der Waals surface area contributed by atoms with Gasteiger partial charge in [0.05, 0.1) is 18.8 Å². The molecular formula is C22H24FN5O2. The van der Waals surface area contributed by atoms with Crippen molar-refractivity contribution in [3.05, 3.63) is 59.8 Å². The Morgan fingerprint density at radius 2 is 1.90 bits per heavy atom. The molecule has 0 atom stereocenters. The molecule has 3 aromatic rings. The van der Waals surface area contributed by atoms with E-state index in [1.54, 1.807) is 18.5 Å². The van der Waals surface area contributed by atoms with Crippen LogP contribution in [-0.4, -0.2) is 47.8 Å². The fourth-order valence-corrected chi connectivity index (χ4v) is 3.32. The third-order valence-corrected chi connectivity index (χ3v) is 4.80. The van der Waals surface area contributed by atoms with Gasteiger partial charge in [-0.2, -0.15) is 0 Å². The third kappa shape index (κ3) is 4.72. The molecule has 0 amide bonds. The Balaban J connectivity index is 1.64. The first-order chi connectivity index (χ1) is 14.6. The molecule has 30 heavy (non-hydrogen) atoms. The van der Waals surface area contributed by atoms with Crippen molar-refractivity contribution in [2.24, 2.45) is 5.73 Å². The summed E-state index contributed by atoms with van der Waals surface area (Å²) in [6.45, 7) is 5.30. The SMILES string of the molecule is Cc1cc(Oc2cc(F)ccc2-c2ncc(CCN)cn2)cc(N2CCOCC2)n1. The summed E-state index contributed by atoms with van der Waals surface area (Å²) in [6.07, 6.45) is 4.17. The lowest BCUT2D eigenvalue weighted by atomic mass is 10.1. The molecule has 1 aliphatic rings. The molecule has 0 unspecified atom stereocenters. The largest absolute Gasteiger partial charge is 0.456 e. The highest BCUT2D eigenvalue weighted by Gasteiger charge is 2.16. The molecule has 1 aliphatic heterocycles. The normalized spacial score (nSPS) is 14.0.